The highest BCUT2D eigenvalue weighted by molar-refractivity contribution is 5.89. The van der Waals surface area contributed by atoms with Crippen LogP contribution >= 0.6 is 0 Å². The molecule has 0 aliphatic heterocycles. The van der Waals surface area contributed by atoms with E-state index in [0.717, 1.165) is 12.1 Å². The molecule has 134 valence electrons. The second-order valence-electron chi connectivity index (χ2n) is 5.72. The molecule has 1 aliphatic rings. The van der Waals surface area contributed by atoms with Gasteiger partial charge in [-0.2, -0.15) is 13.2 Å². The molecular weight excluding hydrogens is 329 g/mol. The van der Waals surface area contributed by atoms with Crippen LogP contribution in [0.4, 0.5) is 23.7 Å². The minimum absolute atomic E-state index is 0.0243. The average Bonchev–Trinajstić information content (AvgIpc) is 2.75. The van der Waals surface area contributed by atoms with Gasteiger partial charge in [-0.1, -0.05) is 6.07 Å². The molecule has 4 unspecified atom stereocenters. The number of methoxy groups -OCH3 is 1. The Kier molecular flexibility index (Phi) is 5.68. The predicted octanol–water partition coefficient (Wildman–Crippen LogP) is 1.58. The van der Waals surface area contributed by atoms with Crippen molar-refractivity contribution in [1.82, 2.24) is 5.32 Å². The van der Waals surface area contributed by atoms with Gasteiger partial charge in [0.2, 0.25) is 0 Å². The number of ether oxygens (including phenoxy) is 1. The fourth-order valence-corrected chi connectivity index (χ4v) is 2.76. The van der Waals surface area contributed by atoms with Crippen molar-refractivity contribution in [1.29, 1.82) is 0 Å². The third kappa shape index (κ3) is 4.37. The number of alkyl halides is 3. The number of urea groups is 1. The molecular formula is C15H19F3N2O4. The number of carbonyl (C=O) groups excluding carboxylic acids is 1. The topological polar surface area (TPSA) is 90.8 Å². The lowest BCUT2D eigenvalue weighted by atomic mass is 10.1. The number of benzene rings is 1. The minimum Gasteiger partial charge on any atom is -0.390 e. The third-order valence-electron chi connectivity index (χ3n) is 3.95. The first-order chi connectivity index (χ1) is 11.2. The van der Waals surface area contributed by atoms with Crippen LogP contribution in [0.25, 0.3) is 0 Å². The predicted molar refractivity (Wildman–Crippen MR) is 79.4 cm³/mol. The Morgan fingerprint density at radius 3 is 2.67 bits per heavy atom. The summed E-state index contributed by atoms with van der Waals surface area (Å²) in [6.07, 6.45) is -6.42. The molecule has 0 saturated heterocycles. The van der Waals surface area contributed by atoms with Crippen LogP contribution in [0.5, 0.6) is 0 Å². The highest BCUT2D eigenvalue weighted by Gasteiger charge is 2.42. The number of carbonyl (C=O) groups is 1. The smallest absolute Gasteiger partial charge is 0.390 e. The maximum atomic E-state index is 12.6. The quantitative estimate of drug-likeness (QED) is 0.665. The second-order valence-corrected chi connectivity index (χ2v) is 5.72. The zero-order chi connectivity index (χ0) is 17.9. The average molecular weight is 348 g/mol. The van der Waals surface area contributed by atoms with Gasteiger partial charge in [0.1, 0.15) is 6.10 Å². The zero-order valence-electron chi connectivity index (χ0n) is 12.9. The van der Waals surface area contributed by atoms with Gasteiger partial charge in [0, 0.05) is 18.7 Å². The van der Waals surface area contributed by atoms with Gasteiger partial charge in [-0.25, -0.2) is 4.79 Å². The fourth-order valence-electron chi connectivity index (χ4n) is 2.76. The highest BCUT2D eigenvalue weighted by Crippen LogP contribution is 2.31. The number of amides is 2. The molecule has 24 heavy (non-hydrogen) atoms. The molecule has 0 radical (unpaired) electrons. The van der Waals surface area contributed by atoms with Crippen LogP contribution in [0.1, 0.15) is 12.0 Å². The van der Waals surface area contributed by atoms with Crippen LogP contribution in [0, 0.1) is 5.92 Å². The summed E-state index contributed by atoms with van der Waals surface area (Å²) in [5.74, 6) is -0.330. The maximum Gasteiger partial charge on any atom is 0.416 e. The van der Waals surface area contributed by atoms with Crippen molar-refractivity contribution in [3.8, 4) is 0 Å². The molecule has 2 amide bonds. The van der Waals surface area contributed by atoms with E-state index in [4.69, 9.17) is 4.74 Å². The second kappa shape index (κ2) is 7.37. The standard InChI is InChI=1S/C15H19F3N2O4/c1-24-7-8-5-11(13(22)12(8)21)20-14(23)19-10-4-2-3-9(6-10)15(16,17)18/h2-4,6,8,11-13,21-22H,5,7H2,1H3,(H2,19,20,23). The summed E-state index contributed by atoms with van der Waals surface area (Å²) in [7, 11) is 1.46. The summed E-state index contributed by atoms with van der Waals surface area (Å²) < 4.78 is 42.9. The number of aliphatic hydroxyl groups is 2. The van der Waals surface area contributed by atoms with Crippen molar-refractivity contribution >= 4 is 11.7 Å². The van der Waals surface area contributed by atoms with Crippen molar-refractivity contribution < 1.29 is 32.9 Å². The molecule has 1 aliphatic carbocycles. The van der Waals surface area contributed by atoms with E-state index < -0.39 is 36.0 Å². The van der Waals surface area contributed by atoms with E-state index in [1.54, 1.807) is 0 Å². The summed E-state index contributed by atoms with van der Waals surface area (Å²) >= 11 is 0. The Balaban J connectivity index is 1.96. The van der Waals surface area contributed by atoms with E-state index in [-0.39, 0.29) is 18.2 Å². The van der Waals surface area contributed by atoms with Gasteiger partial charge in [-0.3, -0.25) is 0 Å². The van der Waals surface area contributed by atoms with Crippen LogP contribution < -0.4 is 10.6 Å². The monoisotopic (exact) mass is 348 g/mol. The molecule has 0 bridgehead atoms. The van der Waals surface area contributed by atoms with Crippen LogP contribution in [0.2, 0.25) is 0 Å². The van der Waals surface area contributed by atoms with Gasteiger partial charge >= 0.3 is 12.2 Å². The highest BCUT2D eigenvalue weighted by atomic mass is 19.4. The first-order valence-corrected chi connectivity index (χ1v) is 7.32. The molecule has 1 aromatic carbocycles. The van der Waals surface area contributed by atoms with Crippen molar-refractivity contribution in [3.63, 3.8) is 0 Å². The molecule has 1 fully saturated rings. The van der Waals surface area contributed by atoms with Crippen molar-refractivity contribution in [2.24, 2.45) is 5.92 Å². The fraction of sp³-hybridized carbons (Fsp3) is 0.533. The van der Waals surface area contributed by atoms with E-state index in [1.807, 2.05) is 0 Å². The van der Waals surface area contributed by atoms with Crippen LogP contribution in [0.3, 0.4) is 0 Å². The lowest BCUT2D eigenvalue weighted by Gasteiger charge is -2.18. The Labute approximate surface area is 136 Å². The van der Waals surface area contributed by atoms with Gasteiger partial charge in [0.05, 0.1) is 24.3 Å². The number of aliphatic hydroxyl groups excluding tert-OH is 2. The number of nitrogens with one attached hydrogen (secondary N) is 2. The lowest BCUT2D eigenvalue weighted by molar-refractivity contribution is -0.137. The third-order valence-corrected chi connectivity index (χ3v) is 3.95. The molecule has 0 heterocycles. The van der Waals surface area contributed by atoms with Gasteiger partial charge in [0.15, 0.2) is 0 Å². The van der Waals surface area contributed by atoms with Crippen LogP contribution in [-0.4, -0.2) is 48.2 Å². The van der Waals surface area contributed by atoms with E-state index in [2.05, 4.69) is 10.6 Å². The SMILES string of the molecule is COCC1CC(NC(=O)Nc2cccc(C(F)(F)F)c2)C(O)C1O. The Morgan fingerprint density at radius 1 is 1.33 bits per heavy atom. The van der Waals surface area contributed by atoms with Gasteiger partial charge in [-0.05, 0) is 24.6 Å². The minimum atomic E-state index is -4.51. The Hall–Kier alpha value is -1.84. The summed E-state index contributed by atoms with van der Waals surface area (Å²) in [6.45, 7) is 0.228. The summed E-state index contributed by atoms with van der Waals surface area (Å²) in [5, 5.41) is 24.5. The maximum absolute atomic E-state index is 12.6. The summed E-state index contributed by atoms with van der Waals surface area (Å²) in [4.78, 5) is 11.9. The van der Waals surface area contributed by atoms with Gasteiger partial charge in [-0.15, -0.1) is 0 Å². The van der Waals surface area contributed by atoms with Crippen molar-refractivity contribution in [2.75, 3.05) is 19.0 Å². The van der Waals surface area contributed by atoms with Crippen LogP contribution in [-0.2, 0) is 10.9 Å². The number of rotatable bonds is 4. The number of hydrogen-bond donors (Lipinski definition) is 4. The van der Waals surface area contributed by atoms with Crippen LogP contribution in [0.15, 0.2) is 24.3 Å². The summed E-state index contributed by atoms with van der Waals surface area (Å²) in [5.41, 5.74) is -0.902. The zero-order valence-corrected chi connectivity index (χ0v) is 12.9. The van der Waals surface area contributed by atoms with Crippen molar-refractivity contribution in [2.45, 2.75) is 30.8 Å². The van der Waals surface area contributed by atoms with Gasteiger partial charge < -0.3 is 25.6 Å². The van der Waals surface area contributed by atoms with Crippen molar-refractivity contribution in [3.05, 3.63) is 29.8 Å². The lowest BCUT2D eigenvalue weighted by Crippen LogP contribution is -2.44. The van der Waals surface area contributed by atoms with E-state index in [0.29, 0.717) is 6.42 Å². The number of anilines is 1. The molecule has 0 aromatic heterocycles. The van der Waals surface area contributed by atoms with E-state index in [9.17, 15) is 28.2 Å². The Bertz CT molecular complexity index is 582. The normalized spacial score (nSPS) is 27.1. The molecule has 9 heteroatoms. The molecule has 4 atom stereocenters. The Morgan fingerprint density at radius 2 is 2.04 bits per heavy atom. The molecule has 2 rings (SSSR count). The molecule has 6 nitrogen and oxygen atoms in total. The molecule has 1 saturated carbocycles. The number of hydrogen-bond acceptors (Lipinski definition) is 4. The summed E-state index contributed by atoms with van der Waals surface area (Å²) in [6, 6.07) is 2.74. The van der Waals surface area contributed by atoms with E-state index >= 15 is 0 Å². The first kappa shape index (κ1) is 18.5. The van der Waals surface area contributed by atoms with E-state index in [1.165, 1.54) is 19.2 Å². The first-order valence-electron chi connectivity index (χ1n) is 7.32. The molecule has 0 spiro atoms. The molecule has 1 aromatic rings. The molecule has 4 N–H and O–H groups in total. The largest absolute Gasteiger partial charge is 0.416 e. The number of halogens is 3. The van der Waals surface area contributed by atoms with Gasteiger partial charge in [0.25, 0.3) is 0 Å².